The normalized spacial score (nSPS) is 11.2. The lowest BCUT2D eigenvalue weighted by molar-refractivity contribution is 0.707. The lowest BCUT2D eigenvalue weighted by Crippen LogP contribution is -2.24. The maximum atomic E-state index is 4.82. The van der Waals surface area contributed by atoms with E-state index in [1.807, 2.05) is 18.2 Å². The van der Waals surface area contributed by atoms with E-state index in [0.29, 0.717) is 0 Å². The number of thiol groups is 1. The Labute approximate surface area is 115 Å². The van der Waals surface area contributed by atoms with Crippen molar-refractivity contribution in [3.05, 3.63) is 84.4 Å². The van der Waals surface area contributed by atoms with Gasteiger partial charge in [0, 0.05) is 4.75 Å². The largest absolute Gasteiger partial charge is 0.168 e. The van der Waals surface area contributed by atoms with Gasteiger partial charge in [-0.2, -0.15) is 12.6 Å². The van der Waals surface area contributed by atoms with E-state index in [2.05, 4.69) is 55.1 Å². The molecule has 2 rings (SSSR count). The van der Waals surface area contributed by atoms with Gasteiger partial charge in [-0.1, -0.05) is 66.7 Å². The molecule has 0 bridgehead atoms. The third-order valence-electron chi connectivity index (χ3n) is 3.09. The van der Waals surface area contributed by atoms with E-state index in [1.54, 1.807) is 0 Å². The Morgan fingerprint density at radius 1 is 0.833 bits per heavy atom. The molecule has 0 unspecified atom stereocenters. The zero-order valence-electron chi connectivity index (χ0n) is 10.4. The highest BCUT2D eigenvalue weighted by molar-refractivity contribution is 7.82. The molecule has 0 saturated carbocycles. The van der Waals surface area contributed by atoms with Crippen LogP contribution in [0.25, 0.3) is 0 Å². The number of hydrogen-bond acceptors (Lipinski definition) is 1. The molecule has 0 amide bonds. The fraction of sp³-hybridized carbons (Fsp3) is 0.176. The topological polar surface area (TPSA) is 0 Å². The minimum atomic E-state index is -0.192. The van der Waals surface area contributed by atoms with Crippen molar-refractivity contribution in [1.82, 2.24) is 0 Å². The first-order chi connectivity index (χ1) is 8.72. The molecule has 0 spiro atoms. The van der Waals surface area contributed by atoms with Gasteiger partial charge in [0.2, 0.25) is 0 Å². The zero-order valence-corrected chi connectivity index (χ0v) is 11.3. The molecule has 0 fully saturated rings. The van der Waals surface area contributed by atoms with Gasteiger partial charge >= 0.3 is 0 Å². The molecule has 0 aromatic heterocycles. The minimum absolute atomic E-state index is 0.192. The molecule has 0 atom stereocenters. The van der Waals surface area contributed by atoms with Crippen LogP contribution in [-0.2, 0) is 12.8 Å². The van der Waals surface area contributed by atoms with Gasteiger partial charge in [-0.05, 0) is 24.0 Å². The summed E-state index contributed by atoms with van der Waals surface area (Å²) in [6, 6.07) is 20.9. The van der Waals surface area contributed by atoms with Crippen molar-refractivity contribution in [3.8, 4) is 0 Å². The Kier molecular flexibility index (Phi) is 4.27. The fourth-order valence-corrected chi connectivity index (χ4v) is 2.47. The predicted octanol–water partition coefficient (Wildman–Crippen LogP) is 4.33. The molecular weight excluding hydrogens is 236 g/mol. The van der Waals surface area contributed by atoms with Crippen molar-refractivity contribution in [2.24, 2.45) is 0 Å². The van der Waals surface area contributed by atoms with E-state index in [0.717, 1.165) is 12.8 Å². The minimum Gasteiger partial charge on any atom is -0.168 e. The van der Waals surface area contributed by atoms with Crippen LogP contribution in [0.3, 0.4) is 0 Å². The summed E-state index contributed by atoms with van der Waals surface area (Å²) in [4.78, 5) is 0. The summed E-state index contributed by atoms with van der Waals surface area (Å²) in [5.74, 6) is 0. The maximum Gasteiger partial charge on any atom is 0.0386 e. The summed E-state index contributed by atoms with van der Waals surface area (Å²) >= 11 is 4.82. The molecule has 2 aromatic carbocycles. The second-order valence-corrected chi connectivity index (χ2v) is 5.52. The molecule has 0 aliphatic carbocycles. The molecule has 0 nitrogen and oxygen atoms in total. The molecule has 18 heavy (non-hydrogen) atoms. The SMILES string of the molecule is C=CC(S)(Cc1ccccc1)Cc1ccccc1. The summed E-state index contributed by atoms with van der Waals surface area (Å²) in [7, 11) is 0. The van der Waals surface area contributed by atoms with Crippen LogP contribution in [0.2, 0.25) is 0 Å². The highest BCUT2D eigenvalue weighted by Crippen LogP contribution is 2.26. The third kappa shape index (κ3) is 3.51. The fourth-order valence-electron chi connectivity index (χ4n) is 2.11. The maximum absolute atomic E-state index is 4.82. The molecule has 0 N–H and O–H groups in total. The summed E-state index contributed by atoms with van der Waals surface area (Å²) in [6.07, 6.45) is 3.75. The summed E-state index contributed by atoms with van der Waals surface area (Å²) in [6.45, 7) is 3.95. The van der Waals surface area contributed by atoms with Gasteiger partial charge in [-0.25, -0.2) is 0 Å². The molecule has 0 saturated heterocycles. The first-order valence-corrected chi connectivity index (χ1v) is 6.60. The standard InChI is InChI=1S/C17H18S/c1-2-17(18,13-15-9-5-3-6-10-15)14-16-11-7-4-8-12-16/h2-12,18H,1,13-14H2. The molecule has 92 valence electrons. The molecule has 0 radical (unpaired) electrons. The lowest BCUT2D eigenvalue weighted by atomic mass is 9.91. The van der Waals surface area contributed by atoms with Gasteiger partial charge in [0.1, 0.15) is 0 Å². The Morgan fingerprint density at radius 3 is 1.56 bits per heavy atom. The van der Waals surface area contributed by atoms with Crippen molar-refractivity contribution in [2.45, 2.75) is 17.6 Å². The van der Waals surface area contributed by atoms with Crippen molar-refractivity contribution < 1.29 is 0 Å². The van der Waals surface area contributed by atoms with Crippen LogP contribution >= 0.6 is 12.6 Å². The van der Waals surface area contributed by atoms with Crippen molar-refractivity contribution in [3.63, 3.8) is 0 Å². The van der Waals surface area contributed by atoms with Gasteiger partial charge < -0.3 is 0 Å². The molecule has 2 aromatic rings. The van der Waals surface area contributed by atoms with E-state index in [1.165, 1.54) is 11.1 Å². The Hall–Kier alpha value is -1.47. The third-order valence-corrected chi connectivity index (χ3v) is 3.58. The van der Waals surface area contributed by atoms with E-state index in [4.69, 9.17) is 12.6 Å². The second kappa shape index (κ2) is 5.92. The van der Waals surface area contributed by atoms with E-state index in [9.17, 15) is 0 Å². The second-order valence-electron chi connectivity index (χ2n) is 4.63. The number of hydrogen-bond donors (Lipinski definition) is 1. The monoisotopic (exact) mass is 254 g/mol. The Bertz CT molecular complexity index is 446. The van der Waals surface area contributed by atoms with Gasteiger partial charge in [-0.15, -0.1) is 6.58 Å². The van der Waals surface area contributed by atoms with Gasteiger partial charge in [0.05, 0.1) is 0 Å². The first-order valence-electron chi connectivity index (χ1n) is 6.16. The van der Waals surface area contributed by atoms with Crippen LogP contribution < -0.4 is 0 Å². The van der Waals surface area contributed by atoms with E-state index in [-0.39, 0.29) is 4.75 Å². The van der Waals surface area contributed by atoms with Gasteiger partial charge in [-0.3, -0.25) is 0 Å². The molecular formula is C17H18S. The average Bonchev–Trinajstić information content (AvgIpc) is 2.41. The van der Waals surface area contributed by atoms with Crippen molar-refractivity contribution >= 4 is 12.6 Å². The smallest absolute Gasteiger partial charge is 0.0386 e. The summed E-state index contributed by atoms with van der Waals surface area (Å²) < 4.78 is -0.192. The summed E-state index contributed by atoms with van der Waals surface area (Å²) in [5.41, 5.74) is 2.59. The molecule has 0 heterocycles. The van der Waals surface area contributed by atoms with Crippen LogP contribution in [-0.4, -0.2) is 4.75 Å². The average molecular weight is 254 g/mol. The van der Waals surface area contributed by atoms with Crippen LogP contribution in [0.1, 0.15) is 11.1 Å². The van der Waals surface area contributed by atoms with Crippen molar-refractivity contribution in [2.75, 3.05) is 0 Å². The Morgan fingerprint density at radius 2 is 1.22 bits per heavy atom. The molecule has 1 heteroatoms. The van der Waals surface area contributed by atoms with E-state index < -0.39 is 0 Å². The zero-order chi connectivity index (χ0) is 12.8. The van der Waals surface area contributed by atoms with Crippen LogP contribution in [0.15, 0.2) is 73.3 Å². The van der Waals surface area contributed by atoms with Crippen LogP contribution in [0.5, 0.6) is 0 Å². The van der Waals surface area contributed by atoms with Crippen LogP contribution in [0, 0.1) is 0 Å². The Balaban J connectivity index is 2.13. The van der Waals surface area contributed by atoms with Crippen LogP contribution in [0.4, 0.5) is 0 Å². The van der Waals surface area contributed by atoms with Gasteiger partial charge in [0.15, 0.2) is 0 Å². The lowest BCUT2D eigenvalue weighted by Gasteiger charge is -2.25. The van der Waals surface area contributed by atoms with Gasteiger partial charge in [0.25, 0.3) is 0 Å². The first kappa shape index (κ1) is 13.0. The number of rotatable bonds is 5. The quantitative estimate of drug-likeness (QED) is 0.596. The number of benzene rings is 2. The highest BCUT2D eigenvalue weighted by Gasteiger charge is 2.22. The van der Waals surface area contributed by atoms with E-state index >= 15 is 0 Å². The molecule has 0 aliphatic rings. The molecule has 0 aliphatic heterocycles. The highest BCUT2D eigenvalue weighted by atomic mass is 32.1. The predicted molar refractivity (Wildman–Crippen MR) is 82.2 cm³/mol. The summed E-state index contributed by atoms with van der Waals surface area (Å²) in [5, 5.41) is 0. The van der Waals surface area contributed by atoms with Crippen molar-refractivity contribution in [1.29, 1.82) is 0 Å².